The Morgan fingerprint density at radius 3 is 2.65 bits per heavy atom. The number of aliphatic carboxylic acids is 1. The highest BCUT2D eigenvalue weighted by Gasteiger charge is 2.27. The lowest BCUT2D eigenvalue weighted by Gasteiger charge is -2.19. The Morgan fingerprint density at radius 1 is 1.40 bits per heavy atom. The van der Waals surface area contributed by atoms with Crippen molar-refractivity contribution in [1.29, 1.82) is 0 Å². The molecule has 0 aliphatic heterocycles. The summed E-state index contributed by atoms with van der Waals surface area (Å²) in [5, 5.41) is 11.9. The molecule has 1 aromatic carbocycles. The largest absolute Gasteiger partial charge is 0.482 e. The Balaban J connectivity index is 2.48. The first kappa shape index (κ1) is 16.3. The molecular formula is C14H18ClNO4. The number of carbonyl (C=O) groups is 2. The zero-order valence-corrected chi connectivity index (χ0v) is 12.5. The lowest BCUT2D eigenvalue weighted by atomic mass is 9.94. The molecule has 5 nitrogen and oxygen atoms in total. The molecule has 0 atom stereocenters. The number of carboxylic acid groups (broad SMARTS) is 1. The van der Waals surface area contributed by atoms with Crippen molar-refractivity contribution in [2.45, 2.75) is 20.8 Å². The summed E-state index contributed by atoms with van der Waals surface area (Å²) in [4.78, 5) is 22.5. The molecule has 20 heavy (non-hydrogen) atoms. The van der Waals surface area contributed by atoms with Crippen LogP contribution in [0.25, 0.3) is 0 Å². The first-order valence-electron chi connectivity index (χ1n) is 6.11. The number of amides is 1. The van der Waals surface area contributed by atoms with E-state index in [-0.39, 0.29) is 13.2 Å². The standard InChI is InChI=1S/C14H18ClNO4/c1-9-4-5-10(15)11(6-9)20-7-12(17)16-8-14(2,3)13(18)19/h4-6H,7-8H2,1-3H3,(H,16,17)(H,18,19). The number of rotatable bonds is 6. The molecule has 0 radical (unpaired) electrons. The highest BCUT2D eigenvalue weighted by Crippen LogP contribution is 2.25. The van der Waals surface area contributed by atoms with E-state index < -0.39 is 17.3 Å². The zero-order valence-electron chi connectivity index (χ0n) is 11.7. The molecule has 0 bridgehead atoms. The van der Waals surface area contributed by atoms with Crippen LogP contribution < -0.4 is 10.1 Å². The van der Waals surface area contributed by atoms with Crippen molar-refractivity contribution < 1.29 is 19.4 Å². The third-order valence-electron chi connectivity index (χ3n) is 2.75. The predicted molar refractivity (Wildman–Crippen MR) is 76.1 cm³/mol. The van der Waals surface area contributed by atoms with Crippen molar-refractivity contribution in [2.75, 3.05) is 13.2 Å². The number of nitrogens with one attached hydrogen (secondary N) is 1. The Bertz CT molecular complexity index is 514. The fourth-order valence-corrected chi connectivity index (χ4v) is 1.48. The smallest absolute Gasteiger partial charge is 0.310 e. The molecule has 6 heteroatoms. The van der Waals surface area contributed by atoms with Crippen LogP contribution in [-0.2, 0) is 9.59 Å². The van der Waals surface area contributed by atoms with E-state index in [4.69, 9.17) is 21.4 Å². The summed E-state index contributed by atoms with van der Waals surface area (Å²) < 4.78 is 5.31. The van der Waals surface area contributed by atoms with Crippen molar-refractivity contribution in [3.8, 4) is 5.75 Å². The van der Waals surface area contributed by atoms with Crippen molar-refractivity contribution >= 4 is 23.5 Å². The Kier molecular flexibility index (Phi) is 5.39. The molecule has 110 valence electrons. The highest BCUT2D eigenvalue weighted by atomic mass is 35.5. The summed E-state index contributed by atoms with van der Waals surface area (Å²) in [7, 11) is 0. The second-order valence-corrected chi connectivity index (χ2v) is 5.60. The summed E-state index contributed by atoms with van der Waals surface area (Å²) in [5.41, 5.74) is -0.0479. The summed E-state index contributed by atoms with van der Waals surface area (Å²) in [6.07, 6.45) is 0. The van der Waals surface area contributed by atoms with Crippen molar-refractivity contribution in [3.63, 3.8) is 0 Å². The normalized spacial score (nSPS) is 11.0. The van der Waals surface area contributed by atoms with E-state index in [1.54, 1.807) is 12.1 Å². The Morgan fingerprint density at radius 2 is 2.05 bits per heavy atom. The lowest BCUT2D eigenvalue weighted by molar-refractivity contribution is -0.146. The fraction of sp³-hybridized carbons (Fsp3) is 0.429. The monoisotopic (exact) mass is 299 g/mol. The lowest BCUT2D eigenvalue weighted by Crippen LogP contribution is -2.40. The summed E-state index contributed by atoms with van der Waals surface area (Å²) >= 11 is 5.94. The number of benzene rings is 1. The van der Waals surface area contributed by atoms with Gasteiger partial charge in [-0.15, -0.1) is 0 Å². The van der Waals surface area contributed by atoms with Crippen LogP contribution in [0.3, 0.4) is 0 Å². The first-order chi connectivity index (χ1) is 9.22. The number of aryl methyl sites for hydroxylation is 1. The summed E-state index contributed by atoms with van der Waals surface area (Å²) in [6.45, 7) is 4.78. The second kappa shape index (κ2) is 6.61. The zero-order chi connectivity index (χ0) is 15.3. The van der Waals surface area contributed by atoms with Gasteiger partial charge in [-0.05, 0) is 38.5 Å². The van der Waals surface area contributed by atoms with Crippen LogP contribution in [0, 0.1) is 12.3 Å². The molecule has 0 aliphatic carbocycles. The number of carboxylic acids is 1. The SMILES string of the molecule is Cc1ccc(Cl)c(OCC(=O)NCC(C)(C)C(=O)O)c1. The van der Waals surface area contributed by atoms with Crippen LogP contribution >= 0.6 is 11.6 Å². The van der Waals surface area contributed by atoms with Gasteiger partial charge in [-0.25, -0.2) is 0 Å². The van der Waals surface area contributed by atoms with Gasteiger partial charge < -0.3 is 15.2 Å². The molecule has 2 N–H and O–H groups in total. The number of halogens is 1. The van der Waals surface area contributed by atoms with Gasteiger partial charge in [0.05, 0.1) is 10.4 Å². The molecule has 0 unspecified atom stereocenters. The predicted octanol–water partition coefficient (Wildman–Crippen LogP) is 2.25. The maximum absolute atomic E-state index is 11.6. The molecule has 0 aromatic heterocycles. The van der Waals surface area contributed by atoms with Gasteiger partial charge in [-0.2, -0.15) is 0 Å². The van der Waals surface area contributed by atoms with Gasteiger partial charge in [0, 0.05) is 6.54 Å². The van der Waals surface area contributed by atoms with Gasteiger partial charge in [0.25, 0.3) is 5.91 Å². The average Bonchev–Trinajstić information content (AvgIpc) is 2.37. The Labute approximate surface area is 122 Å². The van der Waals surface area contributed by atoms with Gasteiger partial charge in [-0.3, -0.25) is 9.59 Å². The molecule has 0 saturated carbocycles. The minimum absolute atomic E-state index is 0.0338. The van der Waals surface area contributed by atoms with Crippen LogP contribution in [0.15, 0.2) is 18.2 Å². The van der Waals surface area contributed by atoms with E-state index in [1.807, 2.05) is 13.0 Å². The van der Waals surface area contributed by atoms with Crippen LogP contribution in [0.1, 0.15) is 19.4 Å². The highest BCUT2D eigenvalue weighted by molar-refractivity contribution is 6.32. The van der Waals surface area contributed by atoms with Crippen LogP contribution in [0.2, 0.25) is 5.02 Å². The minimum atomic E-state index is -1.02. The summed E-state index contributed by atoms with van der Waals surface area (Å²) in [5.74, 6) is -0.934. The molecule has 0 spiro atoms. The molecule has 1 aromatic rings. The maximum Gasteiger partial charge on any atom is 0.310 e. The first-order valence-corrected chi connectivity index (χ1v) is 6.49. The van der Waals surface area contributed by atoms with Gasteiger partial charge in [0.1, 0.15) is 5.75 Å². The van der Waals surface area contributed by atoms with E-state index in [9.17, 15) is 9.59 Å². The van der Waals surface area contributed by atoms with E-state index in [1.165, 1.54) is 13.8 Å². The second-order valence-electron chi connectivity index (χ2n) is 5.19. The molecular weight excluding hydrogens is 282 g/mol. The van der Waals surface area contributed by atoms with Gasteiger partial charge in [0.15, 0.2) is 6.61 Å². The quantitative estimate of drug-likeness (QED) is 0.845. The maximum atomic E-state index is 11.6. The number of hydrogen-bond acceptors (Lipinski definition) is 3. The van der Waals surface area contributed by atoms with E-state index in [2.05, 4.69) is 5.32 Å². The van der Waals surface area contributed by atoms with Gasteiger partial charge in [0.2, 0.25) is 0 Å². The molecule has 0 saturated heterocycles. The third kappa shape index (κ3) is 4.74. The van der Waals surface area contributed by atoms with E-state index in [0.29, 0.717) is 10.8 Å². The number of carbonyl (C=O) groups excluding carboxylic acids is 1. The third-order valence-corrected chi connectivity index (χ3v) is 3.06. The van der Waals surface area contributed by atoms with Gasteiger partial charge >= 0.3 is 5.97 Å². The van der Waals surface area contributed by atoms with Crippen LogP contribution in [0.5, 0.6) is 5.75 Å². The van der Waals surface area contributed by atoms with Gasteiger partial charge in [-0.1, -0.05) is 17.7 Å². The molecule has 1 rings (SSSR count). The minimum Gasteiger partial charge on any atom is -0.482 e. The fourth-order valence-electron chi connectivity index (χ4n) is 1.31. The number of hydrogen-bond donors (Lipinski definition) is 2. The van der Waals surface area contributed by atoms with Crippen molar-refractivity contribution in [2.24, 2.45) is 5.41 Å². The van der Waals surface area contributed by atoms with E-state index in [0.717, 1.165) is 5.56 Å². The van der Waals surface area contributed by atoms with Crippen molar-refractivity contribution in [1.82, 2.24) is 5.32 Å². The Hall–Kier alpha value is -1.75. The molecule has 0 aliphatic rings. The van der Waals surface area contributed by atoms with E-state index >= 15 is 0 Å². The van der Waals surface area contributed by atoms with Crippen LogP contribution in [-0.4, -0.2) is 30.1 Å². The molecule has 0 heterocycles. The topological polar surface area (TPSA) is 75.6 Å². The number of ether oxygens (including phenoxy) is 1. The molecule has 1 amide bonds. The van der Waals surface area contributed by atoms with Crippen LogP contribution in [0.4, 0.5) is 0 Å². The molecule has 0 fully saturated rings. The summed E-state index contributed by atoms with van der Waals surface area (Å²) in [6, 6.07) is 5.26. The average molecular weight is 300 g/mol. The van der Waals surface area contributed by atoms with Crippen molar-refractivity contribution in [3.05, 3.63) is 28.8 Å².